The molecule has 2 N–H and O–H groups in total. The molecule has 3 aromatic rings. The lowest BCUT2D eigenvalue weighted by molar-refractivity contribution is -0.133. The van der Waals surface area contributed by atoms with E-state index in [-0.39, 0.29) is 0 Å². The van der Waals surface area contributed by atoms with E-state index in [4.69, 9.17) is 15.2 Å². The summed E-state index contributed by atoms with van der Waals surface area (Å²) in [7, 11) is 1.56. The largest absolute Gasteiger partial charge is 0.497 e. The van der Waals surface area contributed by atoms with E-state index in [0.29, 0.717) is 41.5 Å². The Labute approximate surface area is 179 Å². The van der Waals surface area contributed by atoms with E-state index in [2.05, 4.69) is 0 Å². The molecule has 1 saturated carbocycles. The van der Waals surface area contributed by atoms with E-state index in [0.717, 1.165) is 0 Å². The number of benzene rings is 3. The molecule has 0 spiro atoms. The molecule has 6 nitrogen and oxygen atoms in total. The minimum Gasteiger partial charge on any atom is -0.497 e. The van der Waals surface area contributed by atoms with Crippen LogP contribution >= 0.6 is 0 Å². The minimum absolute atomic E-state index is 0.373. The second-order valence-corrected chi connectivity index (χ2v) is 7.31. The maximum Gasteiger partial charge on any atom is 0.247 e. The van der Waals surface area contributed by atoms with E-state index in [1.165, 1.54) is 29.2 Å². The second kappa shape index (κ2) is 8.10. The molecular weight excluding hydrogens is 399 g/mol. The molecule has 1 aliphatic rings. The molecule has 0 aromatic heterocycles. The number of halogens is 1. The lowest BCUT2D eigenvalue weighted by Gasteiger charge is -2.28. The van der Waals surface area contributed by atoms with E-state index in [1.807, 2.05) is 0 Å². The van der Waals surface area contributed by atoms with Gasteiger partial charge in [-0.05, 0) is 61.4 Å². The van der Waals surface area contributed by atoms with Crippen molar-refractivity contribution >= 4 is 23.2 Å². The molecule has 158 valence electrons. The predicted molar refractivity (Wildman–Crippen MR) is 114 cm³/mol. The summed E-state index contributed by atoms with van der Waals surface area (Å²) in [5, 5.41) is 0. The van der Waals surface area contributed by atoms with Crippen molar-refractivity contribution in [2.24, 2.45) is 11.1 Å². The molecule has 0 radical (unpaired) electrons. The Kier molecular flexibility index (Phi) is 5.33. The smallest absolute Gasteiger partial charge is 0.247 e. The lowest BCUT2D eigenvalue weighted by Crippen LogP contribution is -2.41. The topological polar surface area (TPSA) is 81.9 Å². The first-order valence-electron chi connectivity index (χ1n) is 9.75. The Morgan fingerprint density at radius 2 is 1.65 bits per heavy atom. The van der Waals surface area contributed by atoms with Crippen LogP contribution in [0.3, 0.4) is 0 Å². The summed E-state index contributed by atoms with van der Waals surface area (Å²) in [6.07, 6.45) is 0.746. The van der Waals surface area contributed by atoms with Gasteiger partial charge in [-0.2, -0.15) is 0 Å². The number of anilines is 2. The van der Waals surface area contributed by atoms with Crippen LogP contribution in [0.4, 0.5) is 15.8 Å². The highest BCUT2D eigenvalue weighted by atomic mass is 19.1. The van der Waals surface area contributed by atoms with Crippen LogP contribution in [0, 0.1) is 11.2 Å². The fraction of sp³-hybridized carbons (Fsp3) is 0.167. The van der Waals surface area contributed by atoms with Crippen molar-refractivity contribution in [1.29, 1.82) is 0 Å². The third-order valence-electron chi connectivity index (χ3n) is 5.29. The lowest BCUT2D eigenvalue weighted by atomic mass is 10.0. The molecule has 1 aliphatic carbocycles. The first kappa shape index (κ1) is 20.4. The number of primary amides is 1. The number of methoxy groups -OCH3 is 1. The van der Waals surface area contributed by atoms with Crippen molar-refractivity contribution in [1.82, 2.24) is 0 Å². The Hall–Kier alpha value is -3.87. The highest BCUT2D eigenvalue weighted by molar-refractivity contribution is 6.17. The van der Waals surface area contributed by atoms with Crippen LogP contribution in [-0.4, -0.2) is 18.9 Å². The number of nitrogens with zero attached hydrogens (tertiary/aromatic N) is 1. The molecule has 0 saturated heterocycles. The number of carbonyl (C=O) groups excluding carboxylic acids is 2. The van der Waals surface area contributed by atoms with Gasteiger partial charge in [-0.25, -0.2) is 4.39 Å². The summed E-state index contributed by atoms with van der Waals surface area (Å²) in [4.78, 5) is 26.9. The molecule has 0 heterocycles. The van der Waals surface area contributed by atoms with Gasteiger partial charge in [0.05, 0.1) is 12.8 Å². The summed E-state index contributed by atoms with van der Waals surface area (Å²) in [6, 6.07) is 19.4. The second-order valence-electron chi connectivity index (χ2n) is 7.31. The SMILES string of the molecule is COc1cccc(Oc2ccccc2N(C(=O)C2(C(N)=O)CC2)c2ccc(F)cc2)c1. The fourth-order valence-electron chi connectivity index (χ4n) is 3.38. The van der Waals surface area contributed by atoms with Crippen LogP contribution in [0.15, 0.2) is 72.8 Å². The monoisotopic (exact) mass is 420 g/mol. The number of rotatable bonds is 7. The van der Waals surface area contributed by atoms with Crippen molar-refractivity contribution in [2.75, 3.05) is 12.0 Å². The Bertz CT molecular complexity index is 1130. The van der Waals surface area contributed by atoms with E-state index in [1.54, 1.807) is 55.6 Å². The zero-order chi connectivity index (χ0) is 22.0. The Morgan fingerprint density at radius 3 is 2.29 bits per heavy atom. The number of ether oxygens (including phenoxy) is 2. The molecule has 1 fully saturated rings. The summed E-state index contributed by atoms with van der Waals surface area (Å²) in [5.41, 5.74) is 5.10. The zero-order valence-electron chi connectivity index (χ0n) is 16.9. The quantitative estimate of drug-likeness (QED) is 0.568. The molecule has 0 bridgehead atoms. The third-order valence-corrected chi connectivity index (χ3v) is 5.29. The van der Waals surface area contributed by atoms with Crippen molar-refractivity contribution < 1.29 is 23.5 Å². The maximum atomic E-state index is 13.6. The van der Waals surface area contributed by atoms with Gasteiger partial charge in [0.25, 0.3) is 0 Å². The van der Waals surface area contributed by atoms with Gasteiger partial charge < -0.3 is 15.2 Å². The van der Waals surface area contributed by atoms with Gasteiger partial charge in [0.15, 0.2) is 5.75 Å². The number of nitrogens with two attached hydrogens (primary N) is 1. The van der Waals surface area contributed by atoms with E-state index >= 15 is 0 Å². The van der Waals surface area contributed by atoms with Gasteiger partial charge in [-0.3, -0.25) is 14.5 Å². The molecule has 0 unspecified atom stereocenters. The third kappa shape index (κ3) is 3.94. The van der Waals surface area contributed by atoms with Gasteiger partial charge in [-0.1, -0.05) is 18.2 Å². The summed E-state index contributed by atoms with van der Waals surface area (Å²) in [5.74, 6) is -0.0626. The van der Waals surface area contributed by atoms with Crippen molar-refractivity contribution in [3.8, 4) is 17.2 Å². The van der Waals surface area contributed by atoms with Gasteiger partial charge in [0, 0.05) is 11.8 Å². The average molecular weight is 420 g/mol. The average Bonchev–Trinajstić information content (AvgIpc) is 3.59. The highest BCUT2D eigenvalue weighted by Crippen LogP contribution is 2.50. The van der Waals surface area contributed by atoms with Crippen molar-refractivity contribution in [2.45, 2.75) is 12.8 Å². The molecule has 0 atom stereocenters. The summed E-state index contributed by atoms with van der Waals surface area (Å²) in [6.45, 7) is 0. The van der Waals surface area contributed by atoms with Gasteiger partial charge in [0.2, 0.25) is 11.8 Å². The number of amides is 2. The minimum atomic E-state index is -1.27. The first-order chi connectivity index (χ1) is 14.9. The predicted octanol–water partition coefficient (Wildman–Crippen LogP) is 4.56. The molecule has 2 amide bonds. The van der Waals surface area contributed by atoms with Crippen LogP contribution in [0.25, 0.3) is 0 Å². The molecule has 3 aromatic carbocycles. The van der Waals surface area contributed by atoms with E-state index < -0.39 is 23.0 Å². The van der Waals surface area contributed by atoms with Gasteiger partial charge >= 0.3 is 0 Å². The van der Waals surface area contributed by atoms with Crippen LogP contribution < -0.4 is 20.1 Å². The number of hydrogen-bond donors (Lipinski definition) is 1. The standard InChI is InChI=1S/C24H21FN2O4/c1-30-18-5-4-6-19(15-18)31-21-8-3-2-7-20(21)27(17-11-9-16(25)10-12-17)23(29)24(13-14-24)22(26)28/h2-12,15H,13-14H2,1H3,(H2,26,28). The molecule has 4 rings (SSSR count). The van der Waals surface area contributed by atoms with Gasteiger partial charge in [-0.15, -0.1) is 0 Å². The van der Waals surface area contributed by atoms with Crippen LogP contribution in [-0.2, 0) is 9.59 Å². The Balaban J connectivity index is 1.79. The molecule has 31 heavy (non-hydrogen) atoms. The van der Waals surface area contributed by atoms with Crippen molar-refractivity contribution in [3.63, 3.8) is 0 Å². The summed E-state index contributed by atoms with van der Waals surface area (Å²) >= 11 is 0. The summed E-state index contributed by atoms with van der Waals surface area (Å²) < 4.78 is 24.8. The van der Waals surface area contributed by atoms with E-state index in [9.17, 15) is 14.0 Å². The maximum absolute atomic E-state index is 13.6. The molecule has 0 aliphatic heterocycles. The highest BCUT2D eigenvalue weighted by Gasteiger charge is 2.57. The zero-order valence-corrected chi connectivity index (χ0v) is 16.9. The van der Waals surface area contributed by atoms with Crippen LogP contribution in [0.5, 0.6) is 17.2 Å². The van der Waals surface area contributed by atoms with Crippen LogP contribution in [0.1, 0.15) is 12.8 Å². The van der Waals surface area contributed by atoms with Crippen molar-refractivity contribution in [3.05, 3.63) is 78.6 Å². The van der Waals surface area contributed by atoms with Gasteiger partial charge in [0.1, 0.15) is 22.7 Å². The Morgan fingerprint density at radius 1 is 0.968 bits per heavy atom. The first-order valence-corrected chi connectivity index (χ1v) is 9.75. The molecular formula is C24H21FN2O4. The molecule has 7 heteroatoms. The number of carbonyl (C=O) groups is 2. The number of hydrogen-bond acceptors (Lipinski definition) is 4. The van der Waals surface area contributed by atoms with Crippen LogP contribution in [0.2, 0.25) is 0 Å². The normalized spacial score (nSPS) is 13.9. The number of para-hydroxylation sites is 2. The fourth-order valence-corrected chi connectivity index (χ4v) is 3.38.